The first-order valence-corrected chi connectivity index (χ1v) is 4.81. The van der Waals surface area contributed by atoms with Crippen molar-refractivity contribution in [2.45, 2.75) is 19.1 Å². The molecule has 78 valence electrons. The maximum atomic E-state index is 13.3. The summed E-state index contributed by atoms with van der Waals surface area (Å²) in [5.41, 5.74) is 5.25. The normalized spacial score (nSPS) is 15.3. The highest BCUT2D eigenvalue weighted by atomic mass is 79.9. The molecule has 2 nitrogen and oxygen atoms in total. The molecule has 0 saturated carbocycles. The van der Waals surface area contributed by atoms with E-state index in [9.17, 15) is 13.9 Å². The van der Waals surface area contributed by atoms with Gasteiger partial charge in [0.15, 0.2) is 11.6 Å². The van der Waals surface area contributed by atoms with E-state index in [2.05, 4.69) is 15.9 Å². The van der Waals surface area contributed by atoms with Crippen LogP contribution in [0.3, 0.4) is 0 Å². The van der Waals surface area contributed by atoms with Gasteiger partial charge in [-0.1, -0.05) is 6.07 Å². The second-order valence-corrected chi connectivity index (χ2v) is 3.92. The van der Waals surface area contributed by atoms with Gasteiger partial charge in [0, 0.05) is 11.6 Å². The molecule has 0 bridgehead atoms. The van der Waals surface area contributed by atoms with E-state index in [1.807, 2.05) is 0 Å². The van der Waals surface area contributed by atoms with E-state index >= 15 is 0 Å². The standard InChI is InChI=1S/C9H10BrF2NO/c1-4(13)9(14)5-2-3-6(10)8(12)7(5)11/h2-4,9,14H,13H2,1H3. The zero-order valence-electron chi connectivity index (χ0n) is 7.47. The minimum Gasteiger partial charge on any atom is -0.387 e. The predicted molar refractivity (Wildman–Crippen MR) is 52.7 cm³/mol. The summed E-state index contributed by atoms with van der Waals surface area (Å²) in [6.07, 6.45) is -1.20. The summed E-state index contributed by atoms with van der Waals surface area (Å²) in [5.74, 6) is -2.08. The van der Waals surface area contributed by atoms with Crippen molar-refractivity contribution in [3.05, 3.63) is 33.8 Å². The van der Waals surface area contributed by atoms with Crippen LogP contribution in [0, 0.1) is 11.6 Å². The molecule has 14 heavy (non-hydrogen) atoms. The van der Waals surface area contributed by atoms with E-state index < -0.39 is 23.8 Å². The summed E-state index contributed by atoms with van der Waals surface area (Å²) in [4.78, 5) is 0. The molecule has 3 N–H and O–H groups in total. The van der Waals surface area contributed by atoms with Gasteiger partial charge in [-0.2, -0.15) is 0 Å². The van der Waals surface area contributed by atoms with Gasteiger partial charge in [0.05, 0.1) is 10.6 Å². The molecule has 0 aromatic heterocycles. The average Bonchev–Trinajstić information content (AvgIpc) is 2.13. The van der Waals surface area contributed by atoms with Crippen molar-refractivity contribution in [3.8, 4) is 0 Å². The van der Waals surface area contributed by atoms with Gasteiger partial charge in [-0.3, -0.25) is 0 Å². The topological polar surface area (TPSA) is 46.2 Å². The lowest BCUT2D eigenvalue weighted by molar-refractivity contribution is 0.148. The average molecular weight is 266 g/mol. The summed E-state index contributed by atoms with van der Waals surface area (Å²) in [5, 5.41) is 9.45. The van der Waals surface area contributed by atoms with Crippen LogP contribution < -0.4 is 5.73 Å². The van der Waals surface area contributed by atoms with Crippen molar-refractivity contribution < 1.29 is 13.9 Å². The third kappa shape index (κ3) is 2.10. The van der Waals surface area contributed by atoms with Gasteiger partial charge in [-0.15, -0.1) is 0 Å². The van der Waals surface area contributed by atoms with Crippen LogP contribution in [0.2, 0.25) is 0 Å². The lowest BCUT2D eigenvalue weighted by Gasteiger charge is -2.15. The molecular weight excluding hydrogens is 256 g/mol. The quantitative estimate of drug-likeness (QED) is 0.805. The Morgan fingerprint density at radius 2 is 1.93 bits per heavy atom. The minimum absolute atomic E-state index is 0.0237. The largest absolute Gasteiger partial charge is 0.387 e. The molecule has 2 unspecified atom stereocenters. The van der Waals surface area contributed by atoms with E-state index in [1.165, 1.54) is 19.1 Å². The molecular formula is C9H10BrF2NO. The predicted octanol–water partition coefficient (Wildman–Crippen LogP) is 2.11. The number of hydrogen-bond donors (Lipinski definition) is 2. The van der Waals surface area contributed by atoms with E-state index in [1.54, 1.807) is 0 Å². The molecule has 0 heterocycles. The van der Waals surface area contributed by atoms with Crippen molar-refractivity contribution in [3.63, 3.8) is 0 Å². The number of aliphatic hydroxyl groups is 1. The Balaban J connectivity index is 3.17. The molecule has 0 aliphatic carbocycles. The maximum Gasteiger partial charge on any atom is 0.173 e. The third-order valence-electron chi connectivity index (χ3n) is 1.88. The zero-order chi connectivity index (χ0) is 10.9. The highest BCUT2D eigenvalue weighted by Crippen LogP contribution is 2.26. The van der Waals surface area contributed by atoms with Crippen molar-refractivity contribution in [2.75, 3.05) is 0 Å². The summed E-state index contributed by atoms with van der Waals surface area (Å²) in [6.45, 7) is 1.52. The number of benzene rings is 1. The lowest BCUT2D eigenvalue weighted by atomic mass is 10.0. The Hall–Kier alpha value is -0.520. The number of hydrogen-bond acceptors (Lipinski definition) is 2. The van der Waals surface area contributed by atoms with E-state index in [0.717, 1.165) is 0 Å². The van der Waals surface area contributed by atoms with Crippen LogP contribution >= 0.6 is 15.9 Å². The van der Waals surface area contributed by atoms with Crippen LogP contribution in [0.15, 0.2) is 16.6 Å². The highest BCUT2D eigenvalue weighted by Gasteiger charge is 2.20. The number of aliphatic hydroxyl groups excluding tert-OH is 1. The van der Waals surface area contributed by atoms with E-state index in [0.29, 0.717) is 0 Å². The van der Waals surface area contributed by atoms with Gasteiger partial charge in [-0.25, -0.2) is 8.78 Å². The fraction of sp³-hybridized carbons (Fsp3) is 0.333. The van der Waals surface area contributed by atoms with Crippen molar-refractivity contribution in [2.24, 2.45) is 5.73 Å². The highest BCUT2D eigenvalue weighted by molar-refractivity contribution is 9.10. The molecule has 0 aliphatic heterocycles. The third-order valence-corrected chi connectivity index (χ3v) is 2.49. The van der Waals surface area contributed by atoms with Gasteiger partial charge >= 0.3 is 0 Å². The monoisotopic (exact) mass is 265 g/mol. The van der Waals surface area contributed by atoms with Gasteiger partial charge < -0.3 is 10.8 Å². The molecule has 0 spiro atoms. The molecule has 1 aromatic rings. The van der Waals surface area contributed by atoms with Crippen LogP contribution in [-0.4, -0.2) is 11.1 Å². The Kier molecular flexibility index (Phi) is 3.58. The van der Waals surface area contributed by atoms with E-state index in [-0.39, 0.29) is 10.0 Å². The van der Waals surface area contributed by atoms with Crippen molar-refractivity contribution in [1.82, 2.24) is 0 Å². The minimum atomic E-state index is -1.20. The fourth-order valence-electron chi connectivity index (χ4n) is 1.05. The van der Waals surface area contributed by atoms with Crippen molar-refractivity contribution >= 4 is 15.9 Å². The molecule has 5 heteroatoms. The smallest absolute Gasteiger partial charge is 0.173 e. The van der Waals surface area contributed by atoms with E-state index in [4.69, 9.17) is 5.73 Å². The first-order chi connectivity index (χ1) is 6.45. The van der Waals surface area contributed by atoms with Gasteiger partial charge in [-0.05, 0) is 28.9 Å². The molecule has 0 fully saturated rings. The number of rotatable bonds is 2. The van der Waals surface area contributed by atoms with Gasteiger partial charge in [0.25, 0.3) is 0 Å². The lowest BCUT2D eigenvalue weighted by Crippen LogP contribution is -2.25. The molecule has 0 saturated heterocycles. The zero-order valence-corrected chi connectivity index (χ0v) is 9.05. The van der Waals surface area contributed by atoms with Crippen LogP contribution in [0.5, 0.6) is 0 Å². The molecule has 1 aromatic carbocycles. The molecule has 2 atom stereocenters. The summed E-state index contributed by atoms with van der Waals surface area (Å²) >= 11 is 2.84. The molecule has 0 amide bonds. The Morgan fingerprint density at radius 1 is 1.36 bits per heavy atom. The van der Waals surface area contributed by atoms with Gasteiger partial charge in [0.2, 0.25) is 0 Å². The first kappa shape index (κ1) is 11.6. The summed E-state index contributed by atoms with van der Waals surface area (Å²) < 4.78 is 26.3. The maximum absolute atomic E-state index is 13.3. The van der Waals surface area contributed by atoms with Crippen LogP contribution in [0.1, 0.15) is 18.6 Å². The fourth-order valence-corrected chi connectivity index (χ4v) is 1.36. The number of halogens is 3. The molecule has 1 rings (SSSR count). The molecule has 0 aliphatic rings. The van der Waals surface area contributed by atoms with Crippen LogP contribution in [-0.2, 0) is 0 Å². The first-order valence-electron chi connectivity index (χ1n) is 4.02. The Labute approximate surface area is 88.9 Å². The van der Waals surface area contributed by atoms with Crippen LogP contribution in [0.4, 0.5) is 8.78 Å². The van der Waals surface area contributed by atoms with Gasteiger partial charge in [0.1, 0.15) is 0 Å². The Bertz CT molecular complexity index is 344. The summed E-state index contributed by atoms with van der Waals surface area (Å²) in [7, 11) is 0. The van der Waals surface area contributed by atoms with Crippen molar-refractivity contribution in [1.29, 1.82) is 0 Å². The second-order valence-electron chi connectivity index (χ2n) is 3.07. The number of nitrogens with two attached hydrogens (primary N) is 1. The Morgan fingerprint density at radius 3 is 2.43 bits per heavy atom. The SMILES string of the molecule is CC(N)C(O)c1ccc(Br)c(F)c1F. The second kappa shape index (κ2) is 4.33. The molecule has 0 radical (unpaired) electrons. The summed E-state index contributed by atoms with van der Waals surface area (Å²) in [6, 6.07) is 1.99. The van der Waals surface area contributed by atoms with Crippen LogP contribution in [0.25, 0.3) is 0 Å².